The zero-order valence-corrected chi connectivity index (χ0v) is 14.8. The van der Waals surface area contributed by atoms with Crippen LogP contribution in [0.15, 0.2) is 18.2 Å². The largest absolute Gasteiger partial charge is 0.353 e. The lowest BCUT2D eigenvalue weighted by Crippen LogP contribution is -2.38. The van der Waals surface area contributed by atoms with Crippen LogP contribution in [0.1, 0.15) is 32.5 Å². The van der Waals surface area contributed by atoms with Gasteiger partial charge in [-0.25, -0.2) is 0 Å². The first-order chi connectivity index (χ1) is 11.0. The van der Waals surface area contributed by atoms with Gasteiger partial charge in [-0.05, 0) is 36.7 Å². The minimum atomic E-state index is -0.289. The molecule has 0 radical (unpaired) electrons. The Bertz CT molecular complexity index is 805. The Labute approximate surface area is 148 Å². The van der Waals surface area contributed by atoms with Crippen molar-refractivity contribution in [1.29, 1.82) is 0 Å². The van der Waals surface area contributed by atoms with Crippen LogP contribution in [0.2, 0.25) is 10.0 Å². The van der Waals surface area contributed by atoms with E-state index in [2.05, 4.69) is 22.6 Å². The van der Waals surface area contributed by atoms with Crippen LogP contribution in [0.5, 0.6) is 0 Å². The number of amides is 1. The molecule has 0 bridgehead atoms. The van der Waals surface area contributed by atoms with E-state index in [9.17, 15) is 4.79 Å². The molecule has 2 aromatic rings. The Balaban J connectivity index is 1.70. The Morgan fingerprint density at radius 1 is 1.26 bits per heavy atom. The number of rotatable bonds is 1. The lowest BCUT2D eigenvalue weighted by molar-refractivity contribution is 0.0935. The molecule has 0 saturated heterocycles. The highest BCUT2D eigenvalue weighted by Crippen LogP contribution is 2.40. The van der Waals surface area contributed by atoms with Crippen LogP contribution in [0.4, 0.5) is 5.00 Å². The highest BCUT2D eigenvalue weighted by molar-refractivity contribution is 7.16. The number of anilines is 1. The second-order valence-electron chi connectivity index (χ2n) is 5.92. The summed E-state index contributed by atoms with van der Waals surface area (Å²) in [5.74, 6) is -0.0168. The van der Waals surface area contributed by atoms with Gasteiger partial charge < -0.3 is 15.5 Å². The molecular weight excluding hydrogens is 353 g/mol. The predicted molar refractivity (Wildman–Crippen MR) is 94.6 cm³/mol. The number of nitrogens with zero attached hydrogens (tertiary/aromatic N) is 1. The average Bonchev–Trinajstić information content (AvgIpc) is 2.87. The third kappa shape index (κ3) is 2.62. The van der Waals surface area contributed by atoms with Gasteiger partial charge in [0.2, 0.25) is 0 Å². The lowest BCUT2D eigenvalue weighted by atomic mass is 10.0. The molecule has 1 amide bonds. The first-order valence-corrected chi connectivity index (χ1v) is 8.95. The first-order valence-electron chi connectivity index (χ1n) is 7.38. The first kappa shape index (κ1) is 15.3. The molecule has 0 saturated carbocycles. The summed E-state index contributed by atoms with van der Waals surface area (Å²) >= 11 is 13.7. The monoisotopic (exact) mass is 367 g/mol. The smallest absolute Gasteiger partial charge is 0.256 e. The second-order valence-corrected chi connectivity index (χ2v) is 7.84. The van der Waals surface area contributed by atoms with E-state index in [0.29, 0.717) is 10.0 Å². The van der Waals surface area contributed by atoms with Crippen molar-refractivity contribution in [2.75, 3.05) is 18.9 Å². The topological polar surface area (TPSA) is 44.4 Å². The summed E-state index contributed by atoms with van der Waals surface area (Å²) in [4.78, 5) is 16.2. The maximum atomic E-state index is 12.6. The van der Waals surface area contributed by atoms with Crippen LogP contribution in [-0.4, -0.2) is 24.4 Å². The Kier molecular flexibility index (Phi) is 3.76. The molecule has 2 N–H and O–H groups in total. The van der Waals surface area contributed by atoms with Crippen LogP contribution in [-0.2, 0) is 13.0 Å². The Morgan fingerprint density at radius 2 is 2.09 bits per heavy atom. The Hall–Kier alpha value is -1.27. The maximum absolute atomic E-state index is 12.6. The molecule has 120 valence electrons. The number of hydrogen-bond donors (Lipinski definition) is 2. The molecule has 7 heteroatoms. The summed E-state index contributed by atoms with van der Waals surface area (Å²) in [7, 11) is 2.10. The molecule has 4 rings (SSSR count). The van der Waals surface area contributed by atoms with Crippen LogP contribution in [0.3, 0.4) is 0 Å². The summed E-state index contributed by atoms with van der Waals surface area (Å²) < 4.78 is 0. The molecule has 0 fully saturated rings. The molecule has 3 heterocycles. The predicted octanol–water partition coefficient (Wildman–Crippen LogP) is 3.90. The van der Waals surface area contributed by atoms with Crippen LogP contribution >= 0.6 is 34.5 Å². The summed E-state index contributed by atoms with van der Waals surface area (Å²) in [5.41, 5.74) is 2.90. The fourth-order valence-electron chi connectivity index (χ4n) is 3.10. The van der Waals surface area contributed by atoms with Crippen molar-refractivity contribution in [2.24, 2.45) is 0 Å². The van der Waals surface area contributed by atoms with Gasteiger partial charge >= 0.3 is 0 Å². The third-order valence-corrected chi connectivity index (χ3v) is 6.19. The molecular formula is C16H15Cl2N3OS. The van der Waals surface area contributed by atoms with Crippen LogP contribution in [0.25, 0.3) is 0 Å². The van der Waals surface area contributed by atoms with Gasteiger partial charge in [0.05, 0.1) is 15.6 Å². The van der Waals surface area contributed by atoms with Crippen molar-refractivity contribution in [2.45, 2.75) is 19.1 Å². The molecule has 0 spiro atoms. The number of benzene rings is 1. The van der Waals surface area contributed by atoms with E-state index in [4.69, 9.17) is 23.2 Å². The normalized spacial score (nSPS) is 20.5. The van der Waals surface area contributed by atoms with Crippen molar-refractivity contribution in [3.8, 4) is 0 Å². The van der Waals surface area contributed by atoms with Gasteiger partial charge in [0.25, 0.3) is 5.91 Å². The molecule has 2 aliphatic rings. The highest BCUT2D eigenvalue weighted by atomic mass is 35.5. The fraction of sp³-hybridized carbons (Fsp3) is 0.312. The van der Waals surface area contributed by atoms with Crippen molar-refractivity contribution < 1.29 is 4.79 Å². The number of carbonyl (C=O) groups excluding carboxylic acids is 1. The highest BCUT2D eigenvalue weighted by Gasteiger charge is 2.32. The number of fused-ring (bicyclic) bond motifs is 3. The SMILES string of the molecule is CN1CCc2c(sc3c2C(=O)NC(c2ccc(Cl)c(Cl)c2)N3)C1. The average molecular weight is 368 g/mol. The number of thiophene rings is 1. The zero-order chi connectivity index (χ0) is 16.1. The number of carbonyl (C=O) groups is 1. The van der Waals surface area contributed by atoms with Gasteiger partial charge in [-0.3, -0.25) is 4.79 Å². The van der Waals surface area contributed by atoms with E-state index in [0.717, 1.165) is 35.6 Å². The van der Waals surface area contributed by atoms with Gasteiger partial charge in [0.1, 0.15) is 11.2 Å². The van der Waals surface area contributed by atoms with Gasteiger partial charge in [-0.1, -0.05) is 29.3 Å². The van der Waals surface area contributed by atoms with Crippen molar-refractivity contribution in [1.82, 2.24) is 10.2 Å². The van der Waals surface area contributed by atoms with E-state index < -0.39 is 0 Å². The Morgan fingerprint density at radius 3 is 2.87 bits per heavy atom. The van der Waals surface area contributed by atoms with E-state index in [1.165, 1.54) is 10.4 Å². The quantitative estimate of drug-likeness (QED) is 0.803. The number of hydrogen-bond acceptors (Lipinski definition) is 4. The van der Waals surface area contributed by atoms with Crippen LogP contribution in [0, 0.1) is 0 Å². The minimum Gasteiger partial charge on any atom is -0.353 e. The molecule has 1 atom stereocenters. The van der Waals surface area contributed by atoms with Crippen molar-refractivity contribution in [3.63, 3.8) is 0 Å². The molecule has 1 aromatic heterocycles. The zero-order valence-electron chi connectivity index (χ0n) is 12.5. The van der Waals surface area contributed by atoms with Gasteiger partial charge in [-0.2, -0.15) is 0 Å². The van der Waals surface area contributed by atoms with Crippen molar-refractivity contribution >= 4 is 45.4 Å². The van der Waals surface area contributed by atoms with E-state index >= 15 is 0 Å². The van der Waals surface area contributed by atoms with Crippen molar-refractivity contribution in [3.05, 3.63) is 49.8 Å². The molecule has 1 unspecified atom stereocenters. The van der Waals surface area contributed by atoms with Gasteiger partial charge in [-0.15, -0.1) is 11.3 Å². The van der Waals surface area contributed by atoms with E-state index in [1.54, 1.807) is 23.5 Å². The standard InChI is InChI=1S/C16H15Cl2N3OS/c1-21-5-4-9-12(7-21)23-16-13(9)15(22)19-14(20-16)8-2-3-10(17)11(18)6-8/h2-3,6,14,20H,4-5,7H2,1H3,(H,19,22). The van der Waals surface area contributed by atoms with Crippen LogP contribution < -0.4 is 10.6 Å². The van der Waals surface area contributed by atoms with Gasteiger partial charge in [0, 0.05) is 18.0 Å². The third-order valence-electron chi connectivity index (χ3n) is 4.30. The number of halogens is 2. The van der Waals surface area contributed by atoms with Gasteiger partial charge in [0.15, 0.2) is 0 Å². The molecule has 23 heavy (non-hydrogen) atoms. The maximum Gasteiger partial charge on any atom is 0.256 e. The molecule has 4 nitrogen and oxygen atoms in total. The summed E-state index contributed by atoms with van der Waals surface area (Å²) in [5, 5.41) is 8.39. The summed E-state index contributed by atoms with van der Waals surface area (Å²) in [6.45, 7) is 1.89. The number of likely N-dealkylation sites (N-methyl/N-ethyl adjacent to an activating group) is 1. The second kappa shape index (κ2) is 5.67. The lowest BCUT2D eigenvalue weighted by Gasteiger charge is -2.27. The number of nitrogens with one attached hydrogen (secondary N) is 2. The molecule has 1 aromatic carbocycles. The summed E-state index contributed by atoms with van der Waals surface area (Å²) in [6.07, 6.45) is 0.632. The molecule has 0 aliphatic carbocycles. The fourth-order valence-corrected chi connectivity index (χ4v) is 4.76. The summed E-state index contributed by atoms with van der Waals surface area (Å²) in [6, 6.07) is 5.41. The van der Waals surface area contributed by atoms with E-state index in [1.807, 2.05) is 6.07 Å². The molecule has 2 aliphatic heterocycles. The minimum absolute atomic E-state index is 0.0168. The van der Waals surface area contributed by atoms with E-state index in [-0.39, 0.29) is 12.1 Å².